The Labute approximate surface area is 161 Å². The van der Waals surface area contributed by atoms with Crippen molar-refractivity contribution in [2.45, 2.75) is 37.7 Å². The van der Waals surface area contributed by atoms with E-state index in [9.17, 15) is 9.59 Å². The van der Waals surface area contributed by atoms with Crippen LogP contribution in [0, 0.1) is 5.92 Å². The van der Waals surface area contributed by atoms with Gasteiger partial charge in [0.15, 0.2) is 0 Å². The predicted molar refractivity (Wildman–Crippen MR) is 104 cm³/mol. The zero-order valence-electron chi connectivity index (χ0n) is 16.2. The lowest BCUT2D eigenvalue weighted by Gasteiger charge is -2.38. The van der Waals surface area contributed by atoms with Crippen molar-refractivity contribution in [1.29, 1.82) is 0 Å². The average Bonchev–Trinajstić information content (AvgIpc) is 2.68. The normalized spacial score (nSPS) is 26.1. The van der Waals surface area contributed by atoms with Crippen LogP contribution in [0.4, 0.5) is 0 Å². The van der Waals surface area contributed by atoms with Crippen molar-refractivity contribution in [2.75, 3.05) is 39.8 Å². The Morgan fingerprint density at radius 2 is 1.89 bits per heavy atom. The van der Waals surface area contributed by atoms with E-state index in [0.29, 0.717) is 32.2 Å². The summed E-state index contributed by atoms with van der Waals surface area (Å²) in [5.41, 5.74) is 6.63. The first-order valence-corrected chi connectivity index (χ1v) is 9.95. The summed E-state index contributed by atoms with van der Waals surface area (Å²) in [7, 11) is 1.85. The molecule has 2 aliphatic rings. The van der Waals surface area contributed by atoms with Crippen LogP contribution in [0.1, 0.15) is 37.2 Å². The van der Waals surface area contributed by atoms with Gasteiger partial charge >= 0.3 is 0 Å². The number of benzene rings is 1. The molecule has 0 spiro atoms. The van der Waals surface area contributed by atoms with Crippen molar-refractivity contribution < 1.29 is 14.3 Å². The Hall–Kier alpha value is -1.92. The standard InChI is InChI=1S/C21H31N3O3/c1-23(15-20(22)25)13-19-14-24(11-12-27-19)21(26)18-9-7-17(8-10-18)16-5-3-2-4-6-16/h2-6,17-19H,7-15H2,1H3,(H2,22,25). The van der Waals surface area contributed by atoms with E-state index in [-0.39, 0.29) is 30.4 Å². The van der Waals surface area contributed by atoms with E-state index in [1.165, 1.54) is 5.56 Å². The van der Waals surface area contributed by atoms with Gasteiger partial charge in [0.1, 0.15) is 0 Å². The Morgan fingerprint density at radius 3 is 2.56 bits per heavy atom. The minimum Gasteiger partial charge on any atom is -0.373 e. The summed E-state index contributed by atoms with van der Waals surface area (Å²) in [6.45, 7) is 2.62. The van der Waals surface area contributed by atoms with Crippen molar-refractivity contribution in [3.63, 3.8) is 0 Å². The summed E-state index contributed by atoms with van der Waals surface area (Å²) in [6.07, 6.45) is 4.02. The van der Waals surface area contributed by atoms with Crippen LogP contribution in [-0.2, 0) is 14.3 Å². The first-order chi connectivity index (χ1) is 13.0. The minimum atomic E-state index is -0.351. The Balaban J connectivity index is 1.48. The molecule has 1 atom stereocenters. The average molecular weight is 373 g/mol. The number of hydrogen-bond donors (Lipinski definition) is 1. The quantitative estimate of drug-likeness (QED) is 0.822. The number of morpholine rings is 1. The van der Waals surface area contributed by atoms with E-state index >= 15 is 0 Å². The van der Waals surface area contributed by atoms with E-state index in [4.69, 9.17) is 10.5 Å². The molecule has 27 heavy (non-hydrogen) atoms. The van der Waals surface area contributed by atoms with Crippen molar-refractivity contribution in [1.82, 2.24) is 9.80 Å². The predicted octanol–water partition coefficient (Wildman–Crippen LogP) is 1.60. The molecule has 6 heteroatoms. The van der Waals surface area contributed by atoms with Crippen LogP contribution < -0.4 is 5.73 Å². The van der Waals surface area contributed by atoms with Gasteiger partial charge in [0.25, 0.3) is 0 Å². The maximum absolute atomic E-state index is 13.0. The minimum absolute atomic E-state index is 0.0623. The van der Waals surface area contributed by atoms with Gasteiger partial charge in [-0.1, -0.05) is 30.3 Å². The largest absolute Gasteiger partial charge is 0.373 e. The summed E-state index contributed by atoms with van der Waals surface area (Å²) < 4.78 is 5.79. The summed E-state index contributed by atoms with van der Waals surface area (Å²) in [5.74, 6) is 0.631. The molecule has 1 saturated carbocycles. The molecule has 6 nitrogen and oxygen atoms in total. The summed E-state index contributed by atoms with van der Waals surface area (Å²) in [4.78, 5) is 27.8. The van der Waals surface area contributed by atoms with Crippen LogP contribution >= 0.6 is 0 Å². The van der Waals surface area contributed by atoms with Crippen LogP contribution in [0.5, 0.6) is 0 Å². The molecule has 1 aliphatic carbocycles. The Morgan fingerprint density at radius 1 is 1.19 bits per heavy atom. The molecule has 0 radical (unpaired) electrons. The van der Waals surface area contributed by atoms with Crippen molar-refractivity contribution >= 4 is 11.8 Å². The summed E-state index contributed by atoms with van der Waals surface area (Å²) in [5, 5.41) is 0. The second-order valence-corrected chi connectivity index (χ2v) is 7.90. The molecule has 1 heterocycles. The highest BCUT2D eigenvalue weighted by Crippen LogP contribution is 2.36. The first-order valence-electron chi connectivity index (χ1n) is 9.95. The number of amides is 2. The lowest BCUT2D eigenvalue weighted by Crippen LogP contribution is -2.51. The number of nitrogens with zero attached hydrogens (tertiary/aromatic N) is 2. The highest BCUT2D eigenvalue weighted by molar-refractivity contribution is 5.79. The number of carbonyl (C=O) groups excluding carboxylic acids is 2. The highest BCUT2D eigenvalue weighted by Gasteiger charge is 2.32. The molecular weight excluding hydrogens is 342 g/mol. The molecule has 0 aromatic heterocycles. The smallest absolute Gasteiger partial charge is 0.231 e. The van der Waals surface area contributed by atoms with Gasteiger partial charge in [-0.2, -0.15) is 0 Å². The highest BCUT2D eigenvalue weighted by atomic mass is 16.5. The van der Waals surface area contributed by atoms with E-state index in [1.54, 1.807) is 0 Å². The van der Waals surface area contributed by atoms with Crippen LogP contribution in [0.2, 0.25) is 0 Å². The second kappa shape index (κ2) is 9.33. The Bertz CT molecular complexity index is 629. The van der Waals surface area contributed by atoms with Gasteiger partial charge in [0.2, 0.25) is 11.8 Å². The van der Waals surface area contributed by atoms with Gasteiger partial charge in [0, 0.05) is 25.6 Å². The summed E-state index contributed by atoms with van der Waals surface area (Å²) >= 11 is 0. The van der Waals surface area contributed by atoms with Crippen LogP contribution in [0.25, 0.3) is 0 Å². The van der Waals surface area contributed by atoms with Gasteiger partial charge in [-0.05, 0) is 44.2 Å². The molecule has 1 unspecified atom stereocenters. The molecule has 2 N–H and O–H groups in total. The maximum Gasteiger partial charge on any atom is 0.231 e. The number of likely N-dealkylation sites (N-methyl/N-ethyl adjacent to an activating group) is 1. The number of nitrogens with two attached hydrogens (primary N) is 1. The maximum atomic E-state index is 13.0. The molecule has 1 aliphatic heterocycles. The van der Waals surface area contributed by atoms with Crippen LogP contribution in [0.15, 0.2) is 30.3 Å². The lowest BCUT2D eigenvalue weighted by atomic mass is 9.78. The fraction of sp³-hybridized carbons (Fsp3) is 0.619. The number of carbonyl (C=O) groups is 2. The number of ether oxygens (including phenoxy) is 1. The fourth-order valence-electron chi connectivity index (χ4n) is 4.37. The summed E-state index contributed by atoms with van der Waals surface area (Å²) in [6, 6.07) is 10.6. The number of primary amides is 1. The topological polar surface area (TPSA) is 75.9 Å². The van der Waals surface area contributed by atoms with Gasteiger partial charge in [-0.15, -0.1) is 0 Å². The fourth-order valence-corrected chi connectivity index (χ4v) is 4.37. The number of rotatable bonds is 6. The van der Waals surface area contributed by atoms with Gasteiger partial charge in [0.05, 0.1) is 19.3 Å². The third-order valence-corrected chi connectivity index (χ3v) is 5.74. The monoisotopic (exact) mass is 373 g/mol. The van der Waals surface area contributed by atoms with Crippen molar-refractivity contribution in [3.05, 3.63) is 35.9 Å². The van der Waals surface area contributed by atoms with Crippen molar-refractivity contribution in [3.8, 4) is 0 Å². The van der Waals surface area contributed by atoms with Crippen LogP contribution in [-0.4, -0.2) is 67.6 Å². The third kappa shape index (κ3) is 5.53. The molecule has 2 amide bonds. The SMILES string of the molecule is CN(CC(N)=O)CC1CN(C(=O)C2CCC(c3ccccc3)CC2)CCO1. The van der Waals surface area contributed by atoms with Crippen molar-refractivity contribution in [2.24, 2.45) is 11.7 Å². The molecular formula is C21H31N3O3. The molecule has 1 aromatic carbocycles. The van der Waals surface area contributed by atoms with E-state index in [0.717, 1.165) is 25.7 Å². The molecule has 2 fully saturated rings. The molecule has 3 rings (SSSR count). The van der Waals surface area contributed by atoms with Gasteiger partial charge in [-0.3, -0.25) is 14.5 Å². The zero-order chi connectivity index (χ0) is 19.2. The zero-order valence-corrected chi connectivity index (χ0v) is 16.2. The molecule has 1 aromatic rings. The van der Waals surface area contributed by atoms with E-state index < -0.39 is 0 Å². The molecule has 1 saturated heterocycles. The number of hydrogen-bond acceptors (Lipinski definition) is 4. The van der Waals surface area contributed by atoms with Crippen LogP contribution in [0.3, 0.4) is 0 Å². The molecule has 148 valence electrons. The Kier molecular flexibility index (Phi) is 6.85. The van der Waals surface area contributed by atoms with E-state index in [2.05, 4.69) is 24.3 Å². The second-order valence-electron chi connectivity index (χ2n) is 7.90. The molecule has 0 bridgehead atoms. The van der Waals surface area contributed by atoms with Gasteiger partial charge < -0.3 is 15.4 Å². The third-order valence-electron chi connectivity index (χ3n) is 5.74. The lowest BCUT2D eigenvalue weighted by molar-refractivity contribution is -0.145. The van der Waals surface area contributed by atoms with E-state index in [1.807, 2.05) is 22.9 Å². The van der Waals surface area contributed by atoms with Gasteiger partial charge in [-0.25, -0.2) is 0 Å². The first kappa shape index (κ1) is 19.8.